The molecule has 0 saturated carbocycles. The summed E-state index contributed by atoms with van der Waals surface area (Å²) in [7, 11) is 1.83. The van der Waals surface area contributed by atoms with E-state index in [4.69, 9.17) is 9.47 Å². The third kappa shape index (κ3) is 4.85. The van der Waals surface area contributed by atoms with Gasteiger partial charge >= 0.3 is 0 Å². The van der Waals surface area contributed by atoms with Crippen molar-refractivity contribution in [1.29, 1.82) is 0 Å². The molecule has 3 rings (SSSR count). The van der Waals surface area contributed by atoms with Gasteiger partial charge in [-0.1, -0.05) is 12.1 Å². The summed E-state index contributed by atoms with van der Waals surface area (Å²) >= 11 is 0. The Labute approximate surface area is 167 Å². The zero-order valence-corrected chi connectivity index (χ0v) is 17.3. The number of hydrogen-bond donors (Lipinski definition) is 0. The minimum absolute atomic E-state index is 0.0358. The van der Waals surface area contributed by atoms with Crippen molar-refractivity contribution in [2.75, 3.05) is 39.9 Å². The van der Waals surface area contributed by atoms with Crippen LogP contribution < -0.4 is 4.74 Å². The van der Waals surface area contributed by atoms with Gasteiger partial charge in [0, 0.05) is 33.1 Å². The maximum Gasteiger partial charge on any atom is 0.248 e. The van der Waals surface area contributed by atoms with E-state index in [1.54, 1.807) is 4.90 Å². The lowest BCUT2D eigenvalue weighted by molar-refractivity contribution is -0.170. The van der Waals surface area contributed by atoms with E-state index in [1.807, 2.05) is 24.9 Å². The Balaban J connectivity index is 1.43. The molecule has 0 radical (unpaired) electrons. The van der Waals surface area contributed by atoms with Crippen LogP contribution in [0.15, 0.2) is 18.2 Å². The number of likely N-dealkylation sites (tertiary alicyclic amines) is 1. The molecule has 0 aromatic heterocycles. The molecular formula is C22H32N2O4. The van der Waals surface area contributed by atoms with Crippen LogP contribution in [0.25, 0.3) is 0 Å². The number of aryl methyl sites for hydroxylation is 2. The maximum absolute atomic E-state index is 12.6. The number of carbonyl (C=O) groups excluding carboxylic acids is 2. The number of hydrogen-bond acceptors (Lipinski definition) is 4. The zero-order valence-electron chi connectivity index (χ0n) is 17.3. The van der Waals surface area contributed by atoms with Gasteiger partial charge in [-0.05, 0) is 56.7 Å². The average Bonchev–Trinajstić information content (AvgIpc) is 2.68. The number of nitrogens with zero attached hydrogens (tertiary/aromatic N) is 2. The van der Waals surface area contributed by atoms with Crippen molar-refractivity contribution in [2.24, 2.45) is 0 Å². The third-order valence-corrected chi connectivity index (χ3v) is 5.88. The molecule has 6 heteroatoms. The van der Waals surface area contributed by atoms with Gasteiger partial charge in [0.2, 0.25) is 11.8 Å². The van der Waals surface area contributed by atoms with Crippen LogP contribution >= 0.6 is 0 Å². The largest absolute Gasteiger partial charge is 0.494 e. The molecule has 0 unspecified atom stereocenters. The lowest BCUT2D eigenvalue weighted by atomic mass is 9.89. The number of rotatable bonds is 6. The van der Waals surface area contributed by atoms with Crippen LogP contribution in [0.1, 0.15) is 43.7 Å². The summed E-state index contributed by atoms with van der Waals surface area (Å²) in [5.74, 6) is 1.19. The van der Waals surface area contributed by atoms with Crippen molar-refractivity contribution in [1.82, 2.24) is 9.80 Å². The number of benzene rings is 1. The highest BCUT2D eigenvalue weighted by molar-refractivity contribution is 5.78. The van der Waals surface area contributed by atoms with Gasteiger partial charge in [-0.3, -0.25) is 9.59 Å². The third-order valence-electron chi connectivity index (χ3n) is 5.88. The first-order valence-corrected chi connectivity index (χ1v) is 10.3. The Hall–Kier alpha value is -2.08. The summed E-state index contributed by atoms with van der Waals surface area (Å²) in [5.41, 5.74) is 2.12. The predicted molar refractivity (Wildman–Crippen MR) is 107 cm³/mol. The monoisotopic (exact) mass is 388 g/mol. The summed E-state index contributed by atoms with van der Waals surface area (Å²) in [6.07, 6.45) is 3.91. The van der Waals surface area contributed by atoms with Gasteiger partial charge in [-0.2, -0.15) is 0 Å². The molecule has 154 valence electrons. The van der Waals surface area contributed by atoms with Gasteiger partial charge in [0.25, 0.3) is 0 Å². The SMILES string of the molecule is CCOc1ccc(CCCC(=O)N2CCC3(CC2)CN(C)C(=O)CO3)cc1C. The van der Waals surface area contributed by atoms with Gasteiger partial charge < -0.3 is 19.3 Å². The molecule has 2 saturated heterocycles. The van der Waals surface area contributed by atoms with Crippen LogP contribution in [0.4, 0.5) is 0 Å². The van der Waals surface area contributed by atoms with Crippen molar-refractivity contribution in [3.8, 4) is 5.75 Å². The molecule has 2 amide bonds. The topological polar surface area (TPSA) is 59.1 Å². The molecule has 1 spiro atoms. The zero-order chi connectivity index (χ0) is 20.1. The molecule has 2 aliphatic heterocycles. The molecular weight excluding hydrogens is 356 g/mol. The molecule has 2 heterocycles. The summed E-state index contributed by atoms with van der Waals surface area (Å²) in [5, 5.41) is 0. The molecule has 1 aromatic carbocycles. The Kier molecular flexibility index (Phi) is 6.60. The van der Waals surface area contributed by atoms with Gasteiger partial charge in [0.05, 0.1) is 12.2 Å². The summed E-state index contributed by atoms with van der Waals surface area (Å²) in [6.45, 7) is 6.92. The molecule has 0 bridgehead atoms. The van der Waals surface area contributed by atoms with Crippen molar-refractivity contribution >= 4 is 11.8 Å². The Morgan fingerprint density at radius 2 is 2.04 bits per heavy atom. The van der Waals surface area contributed by atoms with E-state index < -0.39 is 0 Å². The highest BCUT2D eigenvalue weighted by Crippen LogP contribution is 2.30. The van der Waals surface area contributed by atoms with E-state index in [9.17, 15) is 9.59 Å². The van der Waals surface area contributed by atoms with Crippen LogP contribution in [-0.2, 0) is 20.7 Å². The molecule has 6 nitrogen and oxygen atoms in total. The van der Waals surface area contributed by atoms with Crippen LogP contribution in [0.2, 0.25) is 0 Å². The van der Waals surface area contributed by atoms with Crippen molar-refractivity contribution < 1.29 is 19.1 Å². The summed E-state index contributed by atoms with van der Waals surface area (Å²) < 4.78 is 11.4. The molecule has 1 aromatic rings. The van der Waals surface area contributed by atoms with Crippen molar-refractivity contribution in [3.63, 3.8) is 0 Å². The fraction of sp³-hybridized carbons (Fsp3) is 0.636. The Morgan fingerprint density at radius 3 is 2.68 bits per heavy atom. The van der Waals surface area contributed by atoms with E-state index in [-0.39, 0.29) is 24.0 Å². The second-order valence-electron chi connectivity index (χ2n) is 7.99. The second-order valence-corrected chi connectivity index (χ2v) is 7.99. The van der Waals surface area contributed by atoms with E-state index in [0.717, 1.165) is 37.0 Å². The van der Waals surface area contributed by atoms with Gasteiger partial charge in [-0.25, -0.2) is 0 Å². The summed E-state index contributed by atoms with van der Waals surface area (Å²) in [6, 6.07) is 6.26. The van der Waals surface area contributed by atoms with Crippen LogP contribution in [-0.4, -0.2) is 67.1 Å². The predicted octanol–water partition coefficient (Wildman–Crippen LogP) is 2.57. The minimum atomic E-state index is -0.265. The first kappa shape index (κ1) is 20.6. The van der Waals surface area contributed by atoms with E-state index in [2.05, 4.69) is 19.1 Å². The van der Waals surface area contributed by atoms with Gasteiger partial charge in [-0.15, -0.1) is 0 Å². The van der Waals surface area contributed by atoms with E-state index in [1.165, 1.54) is 5.56 Å². The maximum atomic E-state index is 12.6. The van der Waals surface area contributed by atoms with Crippen molar-refractivity contribution in [2.45, 2.75) is 51.6 Å². The first-order chi connectivity index (χ1) is 13.4. The number of ether oxygens (including phenoxy) is 2. The average molecular weight is 389 g/mol. The van der Waals surface area contributed by atoms with Gasteiger partial charge in [0.15, 0.2) is 0 Å². The molecule has 2 aliphatic rings. The second kappa shape index (κ2) is 8.95. The number of piperidine rings is 1. The van der Waals surface area contributed by atoms with Crippen LogP contribution in [0, 0.1) is 6.92 Å². The lowest BCUT2D eigenvalue weighted by Gasteiger charge is -2.46. The number of morpholine rings is 1. The molecule has 2 fully saturated rings. The quantitative estimate of drug-likeness (QED) is 0.752. The van der Waals surface area contributed by atoms with E-state index >= 15 is 0 Å². The molecule has 0 atom stereocenters. The standard InChI is InChI=1S/C22H32N2O4/c1-4-27-19-9-8-18(14-17(19)2)6-5-7-20(25)24-12-10-22(11-13-24)16-23(3)21(26)15-28-22/h8-9,14H,4-7,10-13,15-16H2,1-3H3. The normalized spacial score (nSPS) is 19.2. The summed E-state index contributed by atoms with van der Waals surface area (Å²) in [4.78, 5) is 27.9. The van der Waals surface area contributed by atoms with Gasteiger partial charge in [0.1, 0.15) is 12.4 Å². The number of amides is 2. The highest BCUT2D eigenvalue weighted by atomic mass is 16.5. The fourth-order valence-electron chi connectivity index (χ4n) is 4.14. The highest BCUT2D eigenvalue weighted by Gasteiger charge is 2.41. The Morgan fingerprint density at radius 1 is 1.29 bits per heavy atom. The molecule has 28 heavy (non-hydrogen) atoms. The molecule has 0 N–H and O–H groups in total. The number of likely N-dealkylation sites (N-methyl/N-ethyl adjacent to an activating group) is 1. The van der Waals surface area contributed by atoms with Crippen LogP contribution in [0.5, 0.6) is 5.75 Å². The number of carbonyl (C=O) groups is 2. The lowest BCUT2D eigenvalue weighted by Crippen LogP contribution is -2.58. The smallest absolute Gasteiger partial charge is 0.248 e. The fourth-order valence-corrected chi connectivity index (χ4v) is 4.14. The minimum Gasteiger partial charge on any atom is -0.494 e. The van der Waals surface area contributed by atoms with Crippen molar-refractivity contribution in [3.05, 3.63) is 29.3 Å². The van der Waals surface area contributed by atoms with Crippen LogP contribution in [0.3, 0.4) is 0 Å². The van der Waals surface area contributed by atoms with E-state index in [0.29, 0.717) is 32.7 Å². The molecule has 0 aliphatic carbocycles. The first-order valence-electron chi connectivity index (χ1n) is 10.3. The Bertz CT molecular complexity index is 710.